The van der Waals surface area contributed by atoms with Gasteiger partial charge in [0.25, 0.3) is 0 Å². The number of fused-ring (bicyclic) bond motifs is 2. The molecule has 406 valence electrons. The van der Waals surface area contributed by atoms with Crippen LogP contribution in [-0.2, 0) is 65.7 Å². The number of carbonyl (C=O) groups excluding carboxylic acids is 8. The summed E-state index contributed by atoms with van der Waals surface area (Å²) in [6, 6.07) is 17.2. The number of urea groups is 1. The number of benzene rings is 3. The van der Waals surface area contributed by atoms with Crippen LogP contribution in [0.15, 0.2) is 72.8 Å². The Hall–Kier alpha value is -7.38. The fraction of sp³-hybridized carbons (Fsp3) is 0.481. The second kappa shape index (κ2) is 31.4. The molecule has 8 amide bonds. The molecule has 0 saturated heterocycles. The van der Waals surface area contributed by atoms with E-state index in [0.717, 1.165) is 16.7 Å². The Labute approximate surface area is 438 Å². The van der Waals surface area contributed by atoms with E-state index in [-0.39, 0.29) is 103 Å². The summed E-state index contributed by atoms with van der Waals surface area (Å²) >= 11 is 0. The largest absolute Gasteiger partial charge is 0.460 e. The van der Waals surface area contributed by atoms with E-state index in [0.29, 0.717) is 23.5 Å². The number of nitrogens with zero attached hydrogens (tertiary/aromatic N) is 1. The highest BCUT2D eigenvalue weighted by atomic mass is 16.6. The van der Waals surface area contributed by atoms with Gasteiger partial charge in [0.05, 0.1) is 51.9 Å². The number of primary amides is 1. The summed E-state index contributed by atoms with van der Waals surface area (Å²) < 4.78 is 22.0. The van der Waals surface area contributed by atoms with Gasteiger partial charge < -0.3 is 66.6 Å². The van der Waals surface area contributed by atoms with Crippen molar-refractivity contribution in [2.45, 2.75) is 110 Å². The highest BCUT2D eigenvalue weighted by Gasteiger charge is 2.32. The lowest BCUT2D eigenvalue weighted by molar-refractivity contribution is -0.155. The predicted octanol–water partition coefficient (Wildman–Crippen LogP) is 2.69. The molecule has 21 nitrogen and oxygen atoms in total. The maximum atomic E-state index is 13.8. The van der Waals surface area contributed by atoms with Crippen LogP contribution in [0, 0.1) is 17.8 Å². The van der Waals surface area contributed by atoms with Gasteiger partial charge in [-0.3, -0.25) is 33.6 Å². The molecular weight excluding hydrogens is 969 g/mol. The number of esters is 1. The number of hydrogen-bond donors (Lipinski definition) is 8. The zero-order valence-corrected chi connectivity index (χ0v) is 43.4. The van der Waals surface area contributed by atoms with Crippen molar-refractivity contribution in [3.63, 3.8) is 0 Å². The van der Waals surface area contributed by atoms with Gasteiger partial charge in [-0.15, -0.1) is 0 Å². The smallest absolute Gasteiger partial charge is 0.312 e. The van der Waals surface area contributed by atoms with E-state index in [1.165, 1.54) is 0 Å². The number of aliphatic hydroxyl groups is 1. The summed E-state index contributed by atoms with van der Waals surface area (Å²) in [6.45, 7) is 9.18. The Bertz CT molecular complexity index is 2470. The van der Waals surface area contributed by atoms with Gasteiger partial charge in [-0.2, -0.15) is 0 Å². The summed E-state index contributed by atoms with van der Waals surface area (Å²) in [5.74, 6) is 2.01. The molecule has 75 heavy (non-hydrogen) atoms. The van der Waals surface area contributed by atoms with Crippen molar-refractivity contribution in [1.82, 2.24) is 26.6 Å². The number of aliphatic hydroxyl groups excluding tert-OH is 1. The standard InChI is InChI=1S/C54H72N8O13/c1-36(2)49(52(70)60-42(14-10-26-57-53(55)71)50(68)58-41-20-16-37(34-63)17-21-41)61-51(69)43(22-25-48(67)75-54(3,4)5)59-46(65)35-74-32-31-73-30-29-72-28-27-56-45(64)23-24-47(66)62-33-40-13-7-6-11-38(40)18-19-39-12-8-9-15-44(39)62/h6-9,11-13,15-17,20-21,36,42-43,49,63H,10,14,22-35H2,1-5H3,(H,56,64)(H,58,68)(H,59,65)(H,60,70)(H,61,69)(H3,55,57,71)/t42-,43-,49-/m0/s1. The molecule has 0 unspecified atom stereocenters. The van der Waals surface area contributed by atoms with Gasteiger partial charge in [0.2, 0.25) is 35.4 Å². The molecule has 1 aliphatic heterocycles. The molecule has 0 radical (unpaired) electrons. The number of rotatable bonds is 30. The number of anilines is 2. The van der Waals surface area contributed by atoms with Crippen LogP contribution < -0.4 is 42.5 Å². The maximum Gasteiger partial charge on any atom is 0.312 e. The quantitative estimate of drug-likeness (QED) is 0.0271. The number of hydrogen-bond acceptors (Lipinski definition) is 13. The second-order valence-electron chi connectivity index (χ2n) is 18.8. The Morgan fingerprint density at radius 2 is 1.32 bits per heavy atom. The number of ether oxygens (including phenoxy) is 4. The first kappa shape index (κ1) is 60.2. The van der Waals surface area contributed by atoms with E-state index in [2.05, 4.69) is 43.7 Å². The van der Waals surface area contributed by atoms with Crippen molar-refractivity contribution in [1.29, 1.82) is 0 Å². The minimum absolute atomic E-state index is 0.000529. The Morgan fingerprint density at radius 1 is 0.680 bits per heavy atom. The van der Waals surface area contributed by atoms with Crippen molar-refractivity contribution in [3.8, 4) is 11.8 Å². The minimum atomic E-state index is -1.30. The molecule has 0 spiro atoms. The molecule has 0 bridgehead atoms. The summed E-state index contributed by atoms with van der Waals surface area (Å²) in [7, 11) is 0. The van der Waals surface area contributed by atoms with E-state index < -0.39 is 71.9 Å². The lowest BCUT2D eigenvalue weighted by Gasteiger charge is -2.27. The SMILES string of the molecule is CC(C)[C@H](NC(=O)[C@H](CCC(=O)OC(C)(C)C)NC(=O)COCCOCCOCCNC(=O)CCC(=O)N1Cc2ccccc2C#Cc2ccccc21)C(=O)N[C@@H](CCCNC(N)=O)C(=O)Nc1ccc(CO)cc1. The highest BCUT2D eigenvalue weighted by Crippen LogP contribution is 2.26. The summed E-state index contributed by atoms with van der Waals surface area (Å²) in [5.41, 5.74) is 8.61. The molecule has 1 aliphatic rings. The van der Waals surface area contributed by atoms with Crippen LogP contribution in [-0.4, -0.2) is 129 Å². The number of carbonyl (C=O) groups is 8. The molecule has 9 N–H and O–H groups in total. The normalized spacial score (nSPS) is 12.9. The first-order valence-corrected chi connectivity index (χ1v) is 25.0. The van der Waals surface area contributed by atoms with Gasteiger partial charge >= 0.3 is 12.0 Å². The molecule has 21 heteroatoms. The van der Waals surface area contributed by atoms with Crippen molar-refractivity contribution >= 4 is 58.8 Å². The van der Waals surface area contributed by atoms with Crippen molar-refractivity contribution in [2.75, 3.05) is 62.9 Å². The van der Waals surface area contributed by atoms with E-state index in [1.807, 2.05) is 48.5 Å². The number of nitrogens with one attached hydrogen (secondary N) is 6. The van der Waals surface area contributed by atoms with E-state index in [4.69, 9.17) is 24.7 Å². The molecule has 3 aromatic rings. The zero-order chi connectivity index (χ0) is 54.8. The summed E-state index contributed by atoms with van der Waals surface area (Å²) in [5, 5.41) is 25.3. The van der Waals surface area contributed by atoms with Gasteiger partial charge in [-0.05, 0) is 87.4 Å². The average molecular weight is 1040 g/mol. The predicted molar refractivity (Wildman–Crippen MR) is 278 cm³/mol. The molecular formula is C54H72N8O13. The lowest BCUT2D eigenvalue weighted by atomic mass is 10.0. The van der Waals surface area contributed by atoms with Gasteiger partial charge in [0.15, 0.2) is 0 Å². The molecule has 4 rings (SSSR count). The van der Waals surface area contributed by atoms with Crippen molar-refractivity contribution in [2.24, 2.45) is 11.7 Å². The van der Waals surface area contributed by atoms with Gasteiger partial charge in [-0.25, -0.2) is 4.79 Å². The van der Waals surface area contributed by atoms with Gasteiger partial charge in [0.1, 0.15) is 30.3 Å². The zero-order valence-electron chi connectivity index (χ0n) is 43.4. The summed E-state index contributed by atoms with van der Waals surface area (Å²) in [6.07, 6.45) is -0.0874. The third-order valence-corrected chi connectivity index (χ3v) is 11.2. The van der Waals surface area contributed by atoms with E-state index >= 15 is 0 Å². The molecule has 0 aliphatic carbocycles. The lowest BCUT2D eigenvalue weighted by Crippen LogP contribution is -2.58. The molecule has 0 aromatic heterocycles. The molecule has 0 fully saturated rings. The van der Waals surface area contributed by atoms with Crippen LogP contribution in [0.1, 0.15) is 95.4 Å². The third-order valence-electron chi connectivity index (χ3n) is 11.2. The first-order valence-electron chi connectivity index (χ1n) is 25.0. The first-order chi connectivity index (χ1) is 35.8. The van der Waals surface area contributed by atoms with Crippen molar-refractivity contribution in [3.05, 3.63) is 95.1 Å². The Morgan fingerprint density at radius 3 is 2.00 bits per heavy atom. The van der Waals surface area contributed by atoms with Crippen LogP contribution in [0.3, 0.4) is 0 Å². The van der Waals surface area contributed by atoms with Crippen molar-refractivity contribution < 1.29 is 62.4 Å². The van der Waals surface area contributed by atoms with Crippen LogP contribution in [0.4, 0.5) is 16.2 Å². The monoisotopic (exact) mass is 1040 g/mol. The fourth-order valence-electron chi connectivity index (χ4n) is 7.44. The Balaban J connectivity index is 1.19. The van der Waals surface area contributed by atoms with Crippen LogP contribution >= 0.6 is 0 Å². The molecule has 0 saturated carbocycles. The van der Waals surface area contributed by atoms with Gasteiger partial charge in [0, 0.05) is 49.2 Å². The third kappa shape index (κ3) is 22.3. The van der Waals surface area contributed by atoms with Crippen LogP contribution in [0.2, 0.25) is 0 Å². The molecule has 3 aromatic carbocycles. The fourth-order valence-corrected chi connectivity index (χ4v) is 7.44. The number of para-hydroxylation sites is 1. The number of nitrogens with two attached hydrogens (primary N) is 1. The Kier molecular flexibility index (Phi) is 25.2. The highest BCUT2D eigenvalue weighted by molar-refractivity contribution is 5.99. The van der Waals surface area contributed by atoms with Crippen LogP contribution in [0.25, 0.3) is 0 Å². The van der Waals surface area contributed by atoms with E-state index in [9.17, 15) is 43.5 Å². The summed E-state index contributed by atoms with van der Waals surface area (Å²) in [4.78, 5) is 106. The average Bonchev–Trinajstić information content (AvgIpc) is 3.36. The minimum Gasteiger partial charge on any atom is -0.460 e. The number of amides is 8. The molecule has 3 atom stereocenters. The topological polar surface area (TPSA) is 295 Å². The van der Waals surface area contributed by atoms with E-state index in [1.54, 1.807) is 63.8 Å². The van der Waals surface area contributed by atoms with Gasteiger partial charge in [-0.1, -0.05) is 68.2 Å². The molecule has 1 heterocycles. The maximum absolute atomic E-state index is 13.8. The van der Waals surface area contributed by atoms with Crippen LogP contribution in [0.5, 0.6) is 0 Å². The second-order valence-corrected chi connectivity index (χ2v) is 18.8.